The van der Waals surface area contributed by atoms with E-state index in [1.807, 2.05) is 0 Å². The number of carbonyl (C=O) groups is 1. The first-order chi connectivity index (χ1) is 12.8. The first-order valence-corrected chi connectivity index (χ1v) is 13.0. The quantitative estimate of drug-likeness (QED) is 0.111. The summed E-state index contributed by atoms with van der Waals surface area (Å²) in [6.45, 7) is 9.05. The van der Waals surface area contributed by atoms with E-state index >= 15 is 0 Å². The van der Waals surface area contributed by atoms with Crippen molar-refractivity contribution in [3.05, 3.63) is 0 Å². The average Bonchev–Trinajstić information content (AvgIpc) is 2.61. The van der Waals surface area contributed by atoms with Crippen molar-refractivity contribution in [1.82, 2.24) is 0 Å². The zero-order valence-corrected chi connectivity index (χ0v) is 21.5. The molecule has 0 amide bonds. The Bertz CT molecular complexity index is 353. The Morgan fingerprint density at radius 2 is 1.22 bits per heavy atom. The van der Waals surface area contributed by atoms with Crippen LogP contribution < -0.4 is 0 Å². The lowest BCUT2D eigenvalue weighted by molar-refractivity contribution is -0.146. The summed E-state index contributed by atoms with van der Waals surface area (Å²) in [5, 5.41) is 0. The number of unbranched alkanes of at least 4 members (excludes halogenated alkanes) is 9. The minimum absolute atomic E-state index is 0.0396. The minimum atomic E-state index is -0.0396. The summed E-state index contributed by atoms with van der Waals surface area (Å²) in [7, 11) is 0. The molecule has 0 aromatic rings. The van der Waals surface area contributed by atoms with Crippen molar-refractivity contribution in [2.45, 2.75) is 127 Å². The van der Waals surface area contributed by atoms with Gasteiger partial charge in [-0.25, -0.2) is 0 Å². The Hall–Kier alpha value is 0.430. The number of hydrogen-bond donors (Lipinski definition) is 0. The van der Waals surface area contributed by atoms with Crippen molar-refractivity contribution in [1.29, 1.82) is 0 Å². The predicted molar refractivity (Wildman–Crippen MR) is 126 cm³/mol. The Morgan fingerprint density at radius 3 is 1.70 bits per heavy atom. The fourth-order valence-electron chi connectivity index (χ4n) is 2.99. The van der Waals surface area contributed by atoms with E-state index in [1.54, 1.807) is 0 Å². The van der Waals surface area contributed by atoms with Crippen LogP contribution in [0.25, 0.3) is 0 Å². The Kier molecular flexibility index (Phi) is 17.6. The second-order valence-electron chi connectivity index (χ2n) is 9.12. The Morgan fingerprint density at radius 1 is 0.778 bits per heavy atom. The van der Waals surface area contributed by atoms with Crippen molar-refractivity contribution in [3.63, 3.8) is 0 Å². The highest BCUT2D eigenvalue weighted by Crippen LogP contribution is 2.25. The number of ether oxygens (including phenoxy) is 1. The smallest absolute Gasteiger partial charge is 0.305 e. The molecule has 0 aliphatic heterocycles. The molecule has 4 heteroatoms. The zero-order chi connectivity index (χ0) is 20.5. The van der Waals surface area contributed by atoms with Crippen LogP contribution in [0.3, 0.4) is 0 Å². The molecule has 0 aliphatic carbocycles. The zero-order valence-electron chi connectivity index (χ0n) is 18.3. The fourth-order valence-corrected chi connectivity index (χ4v) is 4.17. The van der Waals surface area contributed by atoms with Gasteiger partial charge in [0, 0.05) is 16.1 Å². The van der Waals surface area contributed by atoms with Crippen molar-refractivity contribution in [2.24, 2.45) is 5.41 Å². The lowest BCUT2D eigenvalue weighted by atomic mass is 9.99. The minimum Gasteiger partial charge on any atom is -0.465 e. The molecular weight excluding hydrogens is 468 g/mol. The van der Waals surface area contributed by atoms with E-state index in [2.05, 4.69) is 59.6 Å². The van der Waals surface area contributed by atoms with Crippen LogP contribution >= 0.6 is 31.9 Å². The van der Waals surface area contributed by atoms with Crippen molar-refractivity contribution >= 4 is 37.8 Å². The molecule has 0 aromatic carbocycles. The Balaban J connectivity index is 3.49. The third-order valence-corrected chi connectivity index (χ3v) is 7.65. The summed E-state index contributed by atoms with van der Waals surface area (Å²) in [4.78, 5) is 12.9. The van der Waals surface area contributed by atoms with Crippen LogP contribution in [-0.2, 0) is 9.53 Å². The van der Waals surface area contributed by atoms with Gasteiger partial charge in [-0.2, -0.15) is 0 Å². The van der Waals surface area contributed by atoms with Crippen LogP contribution in [0.2, 0.25) is 0 Å². The van der Waals surface area contributed by atoms with Crippen molar-refractivity contribution in [2.75, 3.05) is 6.61 Å². The van der Waals surface area contributed by atoms with E-state index in [1.165, 1.54) is 70.6 Å². The summed E-state index contributed by atoms with van der Waals surface area (Å²) >= 11 is 7.73. The van der Waals surface area contributed by atoms with Crippen LogP contribution in [0.5, 0.6) is 0 Å². The molecule has 0 aromatic heterocycles. The first kappa shape index (κ1) is 27.4. The summed E-state index contributed by atoms with van der Waals surface area (Å²) in [6, 6.07) is 0. The van der Waals surface area contributed by atoms with Gasteiger partial charge in [0.05, 0.1) is 6.61 Å². The molecule has 162 valence electrons. The Labute approximate surface area is 186 Å². The number of halogens is 2. The largest absolute Gasteiger partial charge is 0.465 e. The molecule has 0 radical (unpaired) electrons. The second kappa shape index (κ2) is 17.3. The molecule has 0 rings (SSSR count). The topological polar surface area (TPSA) is 26.3 Å². The summed E-state index contributed by atoms with van der Waals surface area (Å²) < 4.78 is 5.30. The van der Waals surface area contributed by atoms with Crippen molar-refractivity contribution in [3.8, 4) is 0 Å². The average molecular weight is 512 g/mol. The number of carbonyl (C=O) groups excluding carboxylic acids is 1. The molecule has 0 heterocycles. The maximum Gasteiger partial charge on any atom is 0.305 e. The highest BCUT2D eigenvalue weighted by molar-refractivity contribution is 9.12. The van der Waals surface area contributed by atoms with E-state index in [0.717, 1.165) is 12.8 Å². The van der Waals surface area contributed by atoms with Gasteiger partial charge in [-0.05, 0) is 24.7 Å². The van der Waals surface area contributed by atoms with E-state index in [4.69, 9.17) is 4.74 Å². The molecule has 0 spiro atoms. The summed E-state index contributed by atoms with van der Waals surface area (Å²) in [6.07, 6.45) is 17.1. The molecule has 0 saturated heterocycles. The van der Waals surface area contributed by atoms with Gasteiger partial charge in [0.25, 0.3) is 0 Å². The standard InChI is InChI=1S/C23H44Br2O2/c1-5-6-7-8-10-13-16-20(24)21(25)17-14-11-9-12-15-18-22(26)27-19-23(2,3)4/h20-21H,5-19H2,1-4H3. The van der Waals surface area contributed by atoms with E-state index in [0.29, 0.717) is 22.7 Å². The van der Waals surface area contributed by atoms with Crippen LogP contribution in [0.4, 0.5) is 0 Å². The van der Waals surface area contributed by atoms with Gasteiger partial charge in [0.2, 0.25) is 0 Å². The summed E-state index contributed by atoms with van der Waals surface area (Å²) in [5.41, 5.74) is 0.0597. The maximum absolute atomic E-state index is 11.7. The van der Waals surface area contributed by atoms with Gasteiger partial charge in [0.15, 0.2) is 0 Å². The van der Waals surface area contributed by atoms with Gasteiger partial charge in [-0.15, -0.1) is 0 Å². The predicted octanol–water partition coefficient (Wildman–Crippen LogP) is 8.58. The van der Waals surface area contributed by atoms with E-state index in [9.17, 15) is 4.79 Å². The van der Waals surface area contributed by atoms with Crippen molar-refractivity contribution < 1.29 is 9.53 Å². The molecule has 0 aliphatic rings. The monoisotopic (exact) mass is 510 g/mol. The maximum atomic E-state index is 11.7. The highest BCUT2D eigenvalue weighted by atomic mass is 79.9. The number of hydrogen-bond acceptors (Lipinski definition) is 2. The third kappa shape index (κ3) is 19.5. The van der Waals surface area contributed by atoms with E-state index in [-0.39, 0.29) is 11.4 Å². The van der Waals surface area contributed by atoms with Crippen LogP contribution in [0, 0.1) is 5.41 Å². The number of rotatable bonds is 17. The SMILES string of the molecule is CCCCCCCCC(Br)C(Br)CCCCCCCC(=O)OCC(C)(C)C. The molecular formula is C23H44Br2O2. The highest BCUT2D eigenvalue weighted by Gasteiger charge is 2.15. The lowest BCUT2D eigenvalue weighted by Crippen LogP contribution is -2.18. The lowest BCUT2D eigenvalue weighted by Gasteiger charge is -2.17. The summed E-state index contributed by atoms with van der Waals surface area (Å²) in [5.74, 6) is -0.0396. The van der Waals surface area contributed by atoms with Gasteiger partial charge in [-0.3, -0.25) is 4.79 Å². The molecule has 0 N–H and O–H groups in total. The van der Waals surface area contributed by atoms with Gasteiger partial charge < -0.3 is 4.74 Å². The first-order valence-electron chi connectivity index (χ1n) is 11.2. The molecule has 0 fully saturated rings. The number of alkyl halides is 2. The number of esters is 1. The third-order valence-electron chi connectivity index (χ3n) is 4.75. The van der Waals surface area contributed by atoms with Gasteiger partial charge >= 0.3 is 5.97 Å². The van der Waals surface area contributed by atoms with Crippen LogP contribution in [0.1, 0.15) is 118 Å². The van der Waals surface area contributed by atoms with Crippen LogP contribution in [-0.4, -0.2) is 22.2 Å². The molecule has 2 atom stereocenters. The molecule has 2 unspecified atom stereocenters. The molecule has 0 bridgehead atoms. The normalized spacial score (nSPS) is 14.1. The molecule has 2 nitrogen and oxygen atoms in total. The van der Waals surface area contributed by atoms with Crippen LogP contribution in [0.15, 0.2) is 0 Å². The van der Waals surface area contributed by atoms with E-state index < -0.39 is 0 Å². The fraction of sp³-hybridized carbons (Fsp3) is 0.957. The second-order valence-corrected chi connectivity index (χ2v) is 11.5. The van der Waals surface area contributed by atoms with Gasteiger partial charge in [-0.1, -0.05) is 124 Å². The molecule has 27 heavy (non-hydrogen) atoms. The van der Waals surface area contributed by atoms with Gasteiger partial charge in [0.1, 0.15) is 0 Å². The molecule has 0 saturated carbocycles.